The minimum Gasteiger partial charge on any atom is -0.503 e. The predicted octanol–water partition coefficient (Wildman–Crippen LogP) is 1.07. The van der Waals surface area contributed by atoms with Crippen LogP contribution in [0.1, 0.15) is 18.1 Å². The van der Waals surface area contributed by atoms with Gasteiger partial charge in [-0.3, -0.25) is 4.79 Å². The Labute approximate surface area is 80.1 Å². The molecule has 14 heavy (non-hydrogen) atoms. The third-order valence-corrected chi connectivity index (χ3v) is 1.85. The normalized spacial score (nSPS) is 9.07. The highest BCUT2D eigenvalue weighted by Crippen LogP contribution is 2.28. The second-order valence-corrected chi connectivity index (χ2v) is 2.58. The highest BCUT2D eigenvalue weighted by molar-refractivity contribution is 5.63. The van der Waals surface area contributed by atoms with Crippen molar-refractivity contribution in [3.63, 3.8) is 0 Å². The number of hydrogen-bond acceptors (Lipinski definition) is 3. The van der Waals surface area contributed by atoms with Crippen LogP contribution < -0.4 is 5.56 Å². The molecule has 1 heterocycles. The van der Waals surface area contributed by atoms with Gasteiger partial charge in [0.15, 0.2) is 5.88 Å². The van der Waals surface area contributed by atoms with Crippen molar-refractivity contribution in [2.75, 3.05) is 0 Å². The molecule has 70 valence electrons. The summed E-state index contributed by atoms with van der Waals surface area (Å²) in [6.45, 7) is 8.52. The number of nitrogens with one attached hydrogen (secondary N) is 1. The Morgan fingerprint density at radius 2 is 2.36 bits per heavy atom. The summed E-state index contributed by atoms with van der Waals surface area (Å²) in [7, 11) is 0. The summed E-state index contributed by atoms with van der Waals surface area (Å²) < 4.78 is 0. The fourth-order valence-electron chi connectivity index (χ4n) is 1.21. The SMILES string of the molecule is [C-]#[N+]c1c(O)[nH]c(=O)c(C#N)c1CC. The summed E-state index contributed by atoms with van der Waals surface area (Å²) >= 11 is 0. The molecule has 5 nitrogen and oxygen atoms in total. The van der Waals surface area contributed by atoms with Crippen LogP contribution in [0.2, 0.25) is 0 Å². The fraction of sp³-hybridized carbons (Fsp3) is 0.222. The van der Waals surface area contributed by atoms with Gasteiger partial charge in [0, 0.05) is 0 Å². The van der Waals surface area contributed by atoms with E-state index in [0.29, 0.717) is 12.0 Å². The molecule has 1 rings (SSSR count). The zero-order chi connectivity index (χ0) is 10.7. The van der Waals surface area contributed by atoms with Crippen LogP contribution in [0.25, 0.3) is 4.85 Å². The van der Waals surface area contributed by atoms with E-state index in [0.717, 1.165) is 0 Å². The van der Waals surface area contributed by atoms with Crippen molar-refractivity contribution in [3.05, 3.63) is 32.9 Å². The maximum Gasteiger partial charge on any atom is 0.266 e. The van der Waals surface area contributed by atoms with Gasteiger partial charge in [-0.2, -0.15) is 5.26 Å². The third-order valence-electron chi connectivity index (χ3n) is 1.85. The van der Waals surface area contributed by atoms with Crippen LogP contribution in [0.5, 0.6) is 5.88 Å². The number of pyridine rings is 1. The molecule has 0 atom stereocenters. The van der Waals surface area contributed by atoms with Crippen molar-refractivity contribution in [1.82, 2.24) is 4.98 Å². The summed E-state index contributed by atoms with van der Waals surface area (Å²) in [6.07, 6.45) is 0.359. The van der Waals surface area contributed by atoms with Crippen LogP contribution in [0.4, 0.5) is 5.69 Å². The lowest BCUT2D eigenvalue weighted by Crippen LogP contribution is -2.12. The van der Waals surface area contributed by atoms with Gasteiger partial charge in [-0.05, 0) is 12.0 Å². The summed E-state index contributed by atoms with van der Waals surface area (Å²) in [6, 6.07) is 1.72. The van der Waals surface area contributed by atoms with Crippen molar-refractivity contribution >= 4 is 5.69 Å². The first-order valence-corrected chi connectivity index (χ1v) is 3.91. The number of nitriles is 1. The lowest BCUT2D eigenvalue weighted by Gasteiger charge is -2.03. The van der Waals surface area contributed by atoms with Crippen molar-refractivity contribution in [1.29, 1.82) is 5.26 Å². The lowest BCUT2D eigenvalue weighted by molar-refractivity contribution is 0.454. The highest BCUT2D eigenvalue weighted by Gasteiger charge is 2.15. The maximum absolute atomic E-state index is 11.2. The largest absolute Gasteiger partial charge is 0.503 e. The van der Waals surface area contributed by atoms with E-state index in [1.54, 1.807) is 13.0 Å². The molecule has 0 aromatic carbocycles. The fourth-order valence-corrected chi connectivity index (χ4v) is 1.21. The zero-order valence-corrected chi connectivity index (χ0v) is 7.46. The first kappa shape index (κ1) is 9.82. The second-order valence-electron chi connectivity index (χ2n) is 2.58. The lowest BCUT2D eigenvalue weighted by atomic mass is 10.1. The Morgan fingerprint density at radius 1 is 1.71 bits per heavy atom. The first-order chi connectivity index (χ1) is 6.65. The molecule has 0 aliphatic heterocycles. The topological polar surface area (TPSA) is 81.2 Å². The number of aromatic nitrogens is 1. The van der Waals surface area contributed by atoms with Gasteiger partial charge in [-0.1, -0.05) is 6.92 Å². The van der Waals surface area contributed by atoms with Crippen molar-refractivity contribution in [2.45, 2.75) is 13.3 Å². The Kier molecular flexibility index (Phi) is 2.54. The van der Waals surface area contributed by atoms with Gasteiger partial charge in [-0.15, -0.1) is 0 Å². The zero-order valence-electron chi connectivity index (χ0n) is 7.46. The van der Waals surface area contributed by atoms with Crippen molar-refractivity contribution in [2.24, 2.45) is 0 Å². The molecule has 0 bridgehead atoms. The van der Waals surface area contributed by atoms with Crippen LogP contribution in [-0.4, -0.2) is 10.1 Å². The van der Waals surface area contributed by atoms with Gasteiger partial charge in [0.25, 0.3) is 5.56 Å². The van der Waals surface area contributed by atoms with E-state index >= 15 is 0 Å². The molecule has 0 amide bonds. The molecular formula is C9H7N3O2. The van der Waals surface area contributed by atoms with Gasteiger partial charge >= 0.3 is 0 Å². The number of aromatic hydroxyl groups is 1. The van der Waals surface area contributed by atoms with Crippen molar-refractivity contribution in [3.8, 4) is 11.9 Å². The minimum atomic E-state index is -0.658. The number of hydrogen-bond donors (Lipinski definition) is 2. The quantitative estimate of drug-likeness (QED) is 0.648. The van der Waals surface area contributed by atoms with Gasteiger partial charge < -0.3 is 10.1 Å². The summed E-state index contributed by atoms with van der Waals surface area (Å²) in [4.78, 5) is 16.3. The van der Waals surface area contributed by atoms with E-state index in [9.17, 15) is 9.90 Å². The number of nitrogens with zero attached hydrogens (tertiary/aromatic N) is 2. The van der Waals surface area contributed by atoms with Crippen LogP contribution >= 0.6 is 0 Å². The van der Waals surface area contributed by atoms with Crippen LogP contribution in [-0.2, 0) is 6.42 Å². The predicted molar refractivity (Wildman–Crippen MR) is 49.1 cm³/mol. The molecule has 0 unspecified atom stereocenters. The average molecular weight is 189 g/mol. The summed E-state index contributed by atoms with van der Waals surface area (Å²) in [5, 5.41) is 17.9. The number of rotatable bonds is 1. The van der Waals surface area contributed by atoms with Gasteiger partial charge in [0.1, 0.15) is 11.6 Å². The van der Waals surface area contributed by atoms with E-state index in [-0.39, 0.29) is 11.3 Å². The summed E-state index contributed by atoms with van der Waals surface area (Å²) in [5.41, 5.74) is -0.516. The van der Waals surface area contributed by atoms with E-state index in [1.165, 1.54) is 0 Å². The van der Waals surface area contributed by atoms with E-state index in [4.69, 9.17) is 11.8 Å². The maximum atomic E-state index is 11.2. The summed E-state index contributed by atoms with van der Waals surface area (Å²) in [5.74, 6) is -0.471. The van der Waals surface area contributed by atoms with Crippen molar-refractivity contribution < 1.29 is 5.11 Å². The van der Waals surface area contributed by atoms with Crippen LogP contribution in [0, 0.1) is 17.9 Å². The molecule has 0 radical (unpaired) electrons. The third kappa shape index (κ3) is 1.32. The van der Waals surface area contributed by atoms with Gasteiger partial charge in [0.2, 0.25) is 5.69 Å². The molecule has 0 aliphatic carbocycles. The molecule has 0 aliphatic rings. The molecule has 0 saturated carbocycles. The molecule has 0 spiro atoms. The molecular weight excluding hydrogens is 182 g/mol. The van der Waals surface area contributed by atoms with E-state index in [1.807, 2.05) is 4.98 Å². The average Bonchev–Trinajstić information content (AvgIpc) is 2.16. The Balaban J connectivity index is 3.73. The van der Waals surface area contributed by atoms with E-state index < -0.39 is 11.4 Å². The van der Waals surface area contributed by atoms with Crippen LogP contribution in [0.15, 0.2) is 4.79 Å². The van der Waals surface area contributed by atoms with Crippen LogP contribution in [0.3, 0.4) is 0 Å². The first-order valence-electron chi connectivity index (χ1n) is 3.91. The highest BCUT2D eigenvalue weighted by atomic mass is 16.3. The second kappa shape index (κ2) is 3.63. The van der Waals surface area contributed by atoms with E-state index in [2.05, 4.69) is 4.85 Å². The van der Waals surface area contributed by atoms with Gasteiger partial charge in [-0.25, -0.2) is 4.85 Å². The molecule has 1 aromatic rings. The molecule has 5 heteroatoms. The molecule has 0 fully saturated rings. The monoisotopic (exact) mass is 189 g/mol. The number of aromatic amines is 1. The molecule has 0 saturated heterocycles. The Hall–Kier alpha value is -2.27. The standard InChI is InChI=1S/C9H7N3O2/c1-3-5-6(4-10)8(13)12-9(14)7(5)11-2/h3H2,1H3,(H2,12,13,14). The minimum absolute atomic E-state index is 0.0522. The Bertz CT molecular complexity index is 503. The molecule has 1 aromatic heterocycles. The van der Waals surface area contributed by atoms with Gasteiger partial charge in [0.05, 0.1) is 6.57 Å². The smallest absolute Gasteiger partial charge is 0.266 e. The number of H-pyrrole nitrogens is 1. The molecule has 2 N–H and O–H groups in total. The Morgan fingerprint density at radius 3 is 2.79 bits per heavy atom.